The van der Waals surface area contributed by atoms with Gasteiger partial charge in [0.15, 0.2) is 0 Å². The molecule has 1 aliphatic rings. The van der Waals surface area contributed by atoms with E-state index in [2.05, 4.69) is 96.0 Å². The molecule has 0 saturated carbocycles. The first-order valence-corrected chi connectivity index (χ1v) is 18.9. The second-order valence-corrected chi connectivity index (χ2v) is 14.1. The van der Waals surface area contributed by atoms with Gasteiger partial charge in [0.2, 0.25) is 0 Å². The Morgan fingerprint density at radius 1 is 0.959 bits per heavy atom. The highest BCUT2D eigenvalue weighted by Gasteiger charge is 2.19. The minimum atomic E-state index is -0.0455. The number of fused-ring (bicyclic) bond motifs is 1. The van der Waals surface area contributed by atoms with Crippen LogP contribution in [0, 0.1) is 5.92 Å². The Kier molecular flexibility index (Phi) is 13.8. The van der Waals surface area contributed by atoms with Gasteiger partial charge in [-0.25, -0.2) is 4.98 Å². The van der Waals surface area contributed by atoms with E-state index < -0.39 is 0 Å². The summed E-state index contributed by atoms with van der Waals surface area (Å²) in [5.74, 6) is 3.22. The monoisotopic (exact) mass is 680 g/mol. The Morgan fingerprint density at radius 2 is 1.76 bits per heavy atom. The van der Waals surface area contributed by atoms with Gasteiger partial charge in [0.05, 0.1) is 12.4 Å². The van der Waals surface area contributed by atoms with E-state index in [9.17, 15) is 4.79 Å². The first-order chi connectivity index (χ1) is 23.9. The number of hydrogen-bond acceptors (Lipinski definition) is 6. The molecule has 0 fully saturated rings. The highest BCUT2D eigenvalue weighted by atomic mass is 32.2. The van der Waals surface area contributed by atoms with E-state index in [0.29, 0.717) is 19.1 Å². The molecule has 1 aliphatic heterocycles. The largest absolute Gasteiger partial charge is 0.491 e. The maximum Gasteiger partial charge on any atom is 0.251 e. The fourth-order valence-electron chi connectivity index (χ4n) is 6.02. The predicted molar refractivity (Wildman–Crippen MR) is 205 cm³/mol. The summed E-state index contributed by atoms with van der Waals surface area (Å²) in [7, 11) is 0. The van der Waals surface area contributed by atoms with Crippen molar-refractivity contribution in [2.45, 2.75) is 77.0 Å². The zero-order valence-corrected chi connectivity index (χ0v) is 30.4. The molecule has 0 aliphatic carbocycles. The SMILES string of the molecule is CCCCOCCOc1ccc(-c2ccc3c(c2)/C=C(/C(=O)Nc2ccc(SCc4nccn4CCC)cc2)CCCN3CC(C)C)cc1. The summed E-state index contributed by atoms with van der Waals surface area (Å²) < 4.78 is 13.7. The van der Waals surface area contributed by atoms with Gasteiger partial charge in [-0.05, 0) is 103 Å². The summed E-state index contributed by atoms with van der Waals surface area (Å²) in [4.78, 5) is 21.8. The first kappa shape index (κ1) is 36.3. The van der Waals surface area contributed by atoms with Crippen molar-refractivity contribution < 1.29 is 14.3 Å². The van der Waals surface area contributed by atoms with E-state index in [-0.39, 0.29) is 5.91 Å². The van der Waals surface area contributed by atoms with E-state index in [1.807, 2.05) is 36.7 Å². The van der Waals surface area contributed by atoms with Crippen LogP contribution in [0.25, 0.3) is 17.2 Å². The number of nitrogens with one attached hydrogen (secondary N) is 1. The van der Waals surface area contributed by atoms with Crippen LogP contribution in [0.4, 0.5) is 11.4 Å². The second-order valence-electron chi connectivity index (χ2n) is 13.0. The molecule has 5 rings (SSSR count). The van der Waals surface area contributed by atoms with Gasteiger partial charge in [-0.3, -0.25) is 4.79 Å². The Hall–Kier alpha value is -4.01. The fraction of sp³-hybridized carbons (Fsp3) is 0.415. The zero-order valence-electron chi connectivity index (χ0n) is 29.6. The molecule has 1 aromatic heterocycles. The molecule has 49 heavy (non-hydrogen) atoms. The summed E-state index contributed by atoms with van der Waals surface area (Å²) >= 11 is 1.76. The van der Waals surface area contributed by atoms with Gasteiger partial charge < -0.3 is 24.3 Å². The van der Waals surface area contributed by atoms with Crippen LogP contribution in [0.15, 0.2) is 89.6 Å². The van der Waals surface area contributed by atoms with Crippen LogP contribution in [0.1, 0.15) is 71.2 Å². The van der Waals surface area contributed by atoms with Crippen LogP contribution in [0.5, 0.6) is 5.75 Å². The van der Waals surface area contributed by atoms with Crippen molar-refractivity contribution in [1.82, 2.24) is 9.55 Å². The number of carbonyl (C=O) groups is 1. The van der Waals surface area contributed by atoms with Crippen LogP contribution in [0.2, 0.25) is 0 Å². The maximum atomic E-state index is 13.7. The van der Waals surface area contributed by atoms with Gasteiger partial charge in [0.25, 0.3) is 5.91 Å². The topological polar surface area (TPSA) is 68.6 Å². The lowest BCUT2D eigenvalue weighted by molar-refractivity contribution is -0.112. The molecule has 0 unspecified atom stereocenters. The molecule has 8 heteroatoms. The maximum absolute atomic E-state index is 13.7. The van der Waals surface area contributed by atoms with Crippen LogP contribution in [-0.4, -0.2) is 48.4 Å². The average molecular weight is 681 g/mol. The molecule has 3 aromatic carbocycles. The molecule has 0 atom stereocenters. The van der Waals surface area contributed by atoms with Gasteiger partial charge in [0, 0.05) is 60.5 Å². The molecular formula is C41H52N4O3S. The highest BCUT2D eigenvalue weighted by molar-refractivity contribution is 7.98. The number of carbonyl (C=O) groups excluding carboxylic acids is 1. The zero-order chi connectivity index (χ0) is 34.4. The molecule has 2 heterocycles. The molecule has 1 amide bonds. The lowest BCUT2D eigenvalue weighted by Crippen LogP contribution is -2.30. The van der Waals surface area contributed by atoms with Crippen molar-refractivity contribution >= 4 is 35.1 Å². The summed E-state index contributed by atoms with van der Waals surface area (Å²) in [6.45, 7) is 13.6. The molecule has 7 nitrogen and oxygen atoms in total. The minimum absolute atomic E-state index is 0.0455. The third-order valence-corrected chi connectivity index (χ3v) is 9.53. The number of benzene rings is 3. The number of thioether (sulfide) groups is 1. The summed E-state index contributed by atoms with van der Waals surface area (Å²) in [6.07, 6.45) is 10.9. The van der Waals surface area contributed by atoms with Gasteiger partial charge in [-0.15, -0.1) is 11.8 Å². The summed E-state index contributed by atoms with van der Waals surface area (Å²) in [5, 5.41) is 3.17. The third-order valence-electron chi connectivity index (χ3n) is 8.52. The summed E-state index contributed by atoms with van der Waals surface area (Å²) in [5.41, 5.74) is 6.06. The van der Waals surface area contributed by atoms with Crippen LogP contribution in [0.3, 0.4) is 0 Å². The fourth-order valence-corrected chi connectivity index (χ4v) is 6.88. The summed E-state index contributed by atoms with van der Waals surface area (Å²) in [6, 6.07) is 23.0. The van der Waals surface area contributed by atoms with Crippen molar-refractivity contribution in [3.05, 3.63) is 96.1 Å². The number of amides is 1. The number of anilines is 2. The van der Waals surface area contributed by atoms with Crippen molar-refractivity contribution in [3.63, 3.8) is 0 Å². The second kappa shape index (κ2) is 18.7. The van der Waals surface area contributed by atoms with E-state index in [4.69, 9.17) is 9.47 Å². The van der Waals surface area contributed by atoms with Crippen LogP contribution < -0.4 is 15.0 Å². The highest BCUT2D eigenvalue weighted by Crippen LogP contribution is 2.33. The molecule has 1 N–H and O–H groups in total. The van der Waals surface area contributed by atoms with Gasteiger partial charge in [-0.2, -0.15) is 0 Å². The van der Waals surface area contributed by atoms with Gasteiger partial charge >= 0.3 is 0 Å². The molecule has 0 bridgehead atoms. The Balaban J connectivity index is 1.28. The number of rotatable bonds is 17. The third kappa shape index (κ3) is 10.7. The molecule has 4 aromatic rings. The van der Waals surface area contributed by atoms with Crippen molar-refractivity contribution in [1.29, 1.82) is 0 Å². The predicted octanol–water partition coefficient (Wildman–Crippen LogP) is 9.73. The lowest BCUT2D eigenvalue weighted by atomic mass is 9.96. The lowest BCUT2D eigenvalue weighted by Gasteiger charge is -2.30. The number of unbranched alkanes of at least 4 members (excludes halogenated alkanes) is 1. The van der Waals surface area contributed by atoms with Crippen LogP contribution in [-0.2, 0) is 21.8 Å². The Morgan fingerprint density at radius 3 is 2.51 bits per heavy atom. The molecule has 260 valence electrons. The number of imidazole rings is 1. The van der Waals surface area contributed by atoms with Crippen molar-refractivity contribution in [2.75, 3.05) is 43.1 Å². The van der Waals surface area contributed by atoms with Crippen molar-refractivity contribution in [2.24, 2.45) is 5.92 Å². The molecular weight excluding hydrogens is 629 g/mol. The molecule has 0 radical (unpaired) electrons. The number of aryl methyl sites for hydroxylation is 1. The van der Waals surface area contributed by atoms with E-state index in [1.54, 1.807) is 11.8 Å². The smallest absolute Gasteiger partial charge is 0.251 e. The van der Waals surface area contributed by atoms with Gasteiger partial charge in [-0.1, -0.05) is 52.3 Å². The molecule has 0 spiro atoms. The van der Waals surface area contributed by atoms with E-state index in [0.717, 1.165) is 109 Å². The molecule has 0 saturated heterocycles. The van der Waals surface area contributed by atoms with Gasteiger partial charge in [0.1, 0.15) is 18.2 Å². The standard InChI is InChI=1S/C41H52N4O3S/c1-5-7-24-47-25-26-48-37-15-10-32(11-16-37)33-12-19-39-35(27-33)28-34(9-8-22-45(39)29-31(3)4)41(46)43-36-13-17-38(18-14-36)49-30-40-42-20-23-44(40)21-6-2/h10-20,23,27-28,31H,5-9,21-22,24-26,29-30H2,1-4H3,(H,43,46)/b34-28+. The number of nitrogens with zero attached hydrogens (tertiary/aromatic N) is 3. The average Bonchev–Trinajstić information content (AvgIpc) is 3.54. The number of ether oxygens (including phenoxy) is 2. The Labute approximate surface area is 297 Å². The van der Waals surface area contributed by atoms with E-state index in [1.165, 1.54) is 5.69 Å². The first-order valence-electron chi connectivity index (χ1n) is 17.9. The van der Waals surface area contributed by atoms with E-state index >= 15 is 0 Å². The quantitative estimate of drug-likeness (QED) is 0.0885. The van der Waals surface area contributed by atoms with Crippen molar-refractivity contribution in [3.8, 4) is 16.9 Å². The normalized spacial score (nSPS) is 14.1. The Bertz CT molecular complexity index is 1650. The minimum Gasteiger partial charge on any atom is -0.491 e. The van der Waals surface area contributed by atoms with Crippen LogP contribution >= 0.6 is 11.8 Å². The number of hydrogen-bond donors (Lipinski definition) is 1. The number of aromatic nitrogens is 2.